The average Bonchev–Trinajstić information content (AvgIpc) is 2.72. The summed E-state index contributed by atoms with van der Waals surface area (Å²) < 4.78 is 5.16. The lowest BCUT2D eigenvalue weighted by molar-refractivity contribution is -0.137. The third kappa shape index (κ3) is 7.26. The molecule has 2 N–H and O–H groups in total. The Balaban J connectivity index is 1.88. The predicted octanol–water partition coefficient (Wildman–Crippen LogP) is 2.91. The van der Waals surface area contributed by atoms with E-state index >= 15 is 0 Å². The molecule has 0 saturated heterocycles. The second kappa shape index (κ2) is 10.9. The molecule has 2 aromatic rings. The van der Waals surface area contributed by atoms with E-state index < -0.39 is 18.5 Å². The van der Waals surface area contributed by atoms with E-state index in [1.807, 2.05) is 19.1 Å². The van der Waals surface area contributed by atoms with Gasteiger partial charge >= 0.3 is 5.97 Å². The number of ether oxygens (including phenoxy) is 1. The molecule has 2 rings (SSSR count). The summed E-state index contributed by atoms with van der Waals surface area (Å²) in [7, 11) is 0. The Kier molecular flexibility index (Phi) is 8.31. The number of nitrogens with one attached hydrogen (secondary N) is 2. The number of aryl methyl sites for hydroxylation is 2. The Morgan fingerprint density at radius 2 is 1.55 bits per heavy atom. The van der Waals surface area contributed by atoms with Gasteiger partial charge in [0.1, 0.15) is 0 Å². The number of carbonyl (C=O) groups excluding carboxylic acids is 4. The summed E-state index contributed by atoms with van der Waals surface area (Å²) in [5.41, 5.74) is 3.24. The minimum Gasteiger partial charge on any atom is -0.452 e. The van der Waals surface area contributed by atoms with Crippen molar-refractivity contribution in [3.05, 3.63) is 59.2 Å². The SMILES string of the molecule is CCN(CC(=O)Nc1ccc(NC(C)=O)cc1)C(=O)COC(=O)c1cc(C)ccc1C. The largest absolute Gasteiger partial charge is 0.452 e. The molecule has 0 aliphatic carbocycles. The van der Waals surface area contributed by atoms with E-state index in [1.54, 1.807) is 44.2 Å². The average molecular weight is 425 g/mol. The number of benzene rings is 2. The molecular formula is C23H27N3O5. The predicted molar refractivity (Wildman–Crippen MR) is 118 cm³/mol. The van der Waals surface area contributed by atoms with Crippen LogP contribution in [0.5, 0.6) is 0 Å². The van der Waals surface area contributed by atoms with Gasteiger partial charge in [-0.3, -0.25) is 14.4 Å². The summed E-state index contributed by atoms with van der Waals surface area (Å²) >= 11 is 0. The van der Waals surface area contributed by atoms with Gasteiger partial charge in [0.2, 0.25) is 11.8 Å². The zero-order chi connectivity index (χ0) is 23.0. The molecule has 0 radical (unpaired) electrons. The fourth-order valence-corrected chi connectivity index (χ4v) is 2.84. The van der Waals surface area contributed by atoms with Crippen molar-refractivity contribution in [1.29, 1.82) is 0 Å². The zero-order valence-corrected chi connectivity index (χ0v) is 18.2. The van der Waals surface area contributed by atoms with Crippen LogP contribution in [-0.2, 0) is 19.1 Å². The Hall–Kier alpha value is -3.68. The van der Waals surface area contributed by atoms with Crippen LogP contribution in [0.4, 0.5) is 11.4 Å². The monoisotopic (exact) mass is 425 g/mol. The van der Waals surface area contributed by atoms with Gasteiger partial charge in [0.15, 0.2) is 6.61 Å². The first-order valence-electron chi connectivity index (χ1n) is 9.89. The van der Waals surface area contributed by atoms with Crippen LogP contribution >= 0.6 is 0 Å². The second-order valence-electron chi connectivity index (χ2n) is 7.11. The first kappa shape index (κ1) is 23.6. The van der Waals surface area contributed by atoms with Gasteiger partial charge in [-0.25, -0.2) is 4.79 Å². The molecule has 0 aliphatic heterocycles. The van der Waals surface area contributed by atoms with Crippen molar-refractivity contribution in [2.75, 3.05) is 30.3 Å². The van der Waals surface area contributed by atoms with Crippen molar-refractivity contribution in [2.45, 2.75) is 27.7 Å². The highest BCUT2D eigenvalue weighted by Gasteiger charge is 2.19. The minimum absolute atomic E-state index is 0.177. The number of esters is 1. The highest BCUT2D eigenvalue weighted by Crippen LogP contribution is 2.14. The number of hydrogen-bond donors (Lipinski definition) is 2. The first-order chi connectivity index (χ1) is 14.7. The van der Waals surface area contributed by atoms with Crippen LogP contribution in [-0.4, -0.2) is 48.3 Å². The van der Waals surface area contributed by atoms with Crippen LogP contribution in [0.3, 0.4) is 0 Å². The molecule has 0 unspecified atom stereocenters. The van der Waals surface area contributed by atoms with Crippen molar-refractivity contribution < 1.29 is 23.9 Å². The topological polar surface area (TPSA) is 105 Å². The number of nitrogens with zero attached hydrogens (tertiary/aromatic N) is 1. The summed E-state index contributed by atoms with van der Waals surface area (Å²) in [6.07, 6.45) is 0. The van der Waals surface area contributed by atoms with Gasteiger partial charge in [0.25, 0.3) is 5.91 Å². The molecule has 0 aliphatic rings. The molecular weight excluding hydrogens is 398 g/mol. The van der Waals surface area contributed by atoms with E-state index in [9.17, 15) is 19.2 Å². The van der Waals surface area contributed by atoms with E-state index in [0.717, 1.165) is 11.1 Å². The van der Waals surface area contributed by atoms with Crippen molar-refractivity contribution in [3.63, 3.8) is 0 Å². The lowest BCUT2D eigenvalue weighted by Gasteiger charge is -2.20. The minimum atomic E-state index is -0.575. The summed E-state index contributed by atoms with van der Waals surface area (Å²) in [6, 6.07) is 12.0. The normalized spacial score (nSPS) is 10.2. The Morgan fingerprint density at radius 3 is 2.13 bits per heavy atom. The van der Waals surface area contributed by atoms with Gasteiger partial charge in [-0.15, -0.1) is 0 Å². The van der Waals surface area contributed by atoms with Crippen LogP contribution in [0.15, 0.2) is 42.5 Å². The standard InChI is InChI=1S/C23H27N3O5/c1-5-26(13-21(28)25-19-10-8-18(9-11-19)24-17(4)27)22(29)14-31-23(30)20-12-15(2)6-7-16(20)3/h6-12H,5,13-14H2,1-4H3,(H,24,27)(H,25,28). The van der Waals surface area contributed by atoms with E-state index in [0.29, 0.717) is 16.9 Å². The quantitative estimate of drug-likeness (QED) is 0.633. The van der Waals surface area contributed by atoms with Gasteiger partial charge in [-0.2, -0.15) is 0 Å². The van der Waals surface area contributed by atoms with Crippen molar-refractivity contribution in [3.8, 4) is 0 Å². The molecule has 8 heteroatoms. The first-order valence-corrected chi connectivity index (χ1v) is 9.89. The van der Waals surface area contributed by atoms with Crippen LogP contribution < -0.4 is 10.6 Å². The third-order valence-electron chi connectivity index (χ3n) is 4.50. The van der Waals surface area contributed by atoms with Crippen molar-refractivity contribution in [2.24, 2.45) is 0 Å². The molecule has 0 atom stereocenters. The summed E-state index contributed by atoms with van der Waals surface area (Å²) in [5.74, 6) is -1.61. The Bertz CT molecular complexity index is 970. The smallest absolute Gasteiger partial charge is 0.338 e. The van der Waals surface area contributed by atoms with Gasteiger partial charge in [0, 0.05) is 24.8 Å². The summed E-state index contributed by atoms with van der Waals surface area (Å²) in [6.45, 7) is 6.47. The highest BCUT2D eigenvalue weighted by molar-refractivity contribution is 5.96. The number of hydrogen-bond acceptors (Lipinski definition) is 5. The van der Waals surface area contributed by atoms with Crippen LogP contribution in [0.2, 0.25) is 0 Å². The van der Waals surface area contributed by atoms with Crippen LogP contribution in [0.25, 0.3) is 0 Å². The van der Waals surface area contributed by atoms with Crippen molar-refractivity contribution in [1.82, 2.24) is 4.90 Å². The number of likely N-dealkylation sites (N-methyl/N-ethyl adjacent to an activating group) is 1. The van der Waals surface area contributed by atoms with Gasteiger partial charge in [0.05, 0.1) is 12.1 Å². The molecule has 0 aromatic heterocycles. The molecule has 0 spiro atoms. The molecule has 0 bridgehead atoms. The molecule has 0 heterocycles. The maximum atomic E-state index is 12.4. The summed E-state index contributed by atoms with van der Waals surface area (Å²) in [4.78, 5) is 49.4. The van der Waals surface area contributed by atoms with Crippen LogP contribution in [0.1, 0.15) is 35.3 Å². The number of carbonyl (C=O) groups is 4. The fraction of sp³-hybridized carbons (Fsp3) is 0.304. The molecule has 164 valence electrons. The maximum Gasteiger partial charge on any atom is 0.338 e. The molecule has 31 heavy (non-hydrogen) atoms. The third-order valence-corrected chi connectivity index (χ3v) is 4.50. The van der Waals surface area contributed by atoms with Crippen LogP contribution in [0, 0.1) is 13.8 Å². The molecule has 8 nitrogen and oxygen atoms in total. The molecule has 0 fully saturated rings. The lowest BCUT2D eigenvalue weighted by atomic mass is 10.1. The Labute approximate surface area is 181 Å². The van der Waals surface area contributed by atoms with Gasteiger partial charge in [-0.1, -0.05) is 17.7 Å². The van der Waals surface area contributed by atoms with E-state index in [4.69, 9.17) is 4.74 Å². The van der Waals surface area contributed by atoms with E-state index in [2.05, 4.69) is 10.6 Å². The summed E-state index contributed by atoms with van der Waals surface area (Å²) in [5, 5.41) is 5.33. The maximum absolute atomic E-state index is 12.4. The lowest BCUT2D eigenvalue weighted by Crippen LogP contribution is -2.40. The van der Waals surface area contributed by atoms with E-state index in [-0.39, 0.29) is 24.9 Å². The Morgan fingerprint density at radius 1 is 0.935 bits per heavy atom. The van der Waals surface area contributed by atoms with E-state index in [1.165, 1.54) is 11.8 Å². The molecule has 2 aromatic carbocycles. The molecule has 0 saturated carbocycles. The zero-order valence-electron chi connectivity index (χ0n) is 18.2. The number of amides is 3. The number of rotatable bonds is 8. The highest BCUT2D eigenvalue weighted by atomic mass is 16.5. The fourth-order valence-electron chi connectivity index (χ4n) is 2.84. The van der Waals surface area contributed by atoms with Gasteiger partial charge in [-0.05, 0) is 56.7 Å². The second-order valence-corrected chi connectivity index (χ2v) is 7.11. The van der Waals surface area contributed by atoms with Crippen molar-refractivity contribution >= 4 is 35.1 Å². The van der Waals surface area contributed by atoms with Gasteiger partial charge < -0.3 is 20.3 Å². The number of anilines is 2. The molecule has 3 amide bonds.